The Labute approximate surface area is 103 Å². The van der Waals surface area contributed by atoms with Gasteiger partial charge in [-0.05, 0) is 23.6 Å². The van der Waals surface area contributed by atoms with Gasteiger partial charge in [-0.3, -0.25) is 4.90 Å². The van der Waals surface area contributed by atoms with E-state index in [0.717, 1.165) is 11.1 Å². The summed E-state index contributed by atoms with van der Waals surface area (Å²) in [6.45, 7) is 0.454. The Hall–Kier alpha value is -1.27. The molecule has 2 rings (SSSR count). The number of nitrogens with zero attached hydrogens (tertiary/aromatic N) is 1. The molecular formula is C12H15F3N2O. The molecule has 0 spiro atoms. The summed E-state index contributed by atoms with van der Waals surface area (Å²) in [6.07, 6.45) is -6.21. The first-order valence-electron chi connectivity index (χ1n) is 5.71. The molecule has 0 saturated heterocycles. The van der Waals surface area contributed by atoms with Crippen molar-refractivity contribution in [3.8, 4) is 0 Å². The molecule has 1 aromatic carbocycles. The lowest BCUT2D eigenvalue weighted by molar-refractivity contribution is -0.208. The number of anilines is 1. The summed E-state index contributed by atoms with van der Waals surface area (Å²) >= 11 is 0. The van der Waals surface area contributed by atoms with Gasteiger partial charge in [0.15, 0.2) is 6.10 Å². The van der Waals surface area contributed by atoms with Crippen molar-refractivity contribution in [1.82, 2.24) is 4.90 Å². The Balaban J connectivity index is 2.06. The lowest BCUT2D eigenvalue weighted by Gasteiger charge is -2.31. The zero-order chi connectivity index (χ0) is 13.3. The average Bonchev–Trinajstić information content (AvgIpc) is 2.29. The SMILES string of the molecule is Nc1cccc2c1CN(CC(O)C(F)(F)F)CC2. The largest absolute Gasteiger partial charge is 0.415 e. The molecule has 0 amide bonds. The lowest BCUT2D eigenvalue weighted by atomic mass is 9.98. The predicted molar refractivity (Wildman–Crippen MR) is 61.9 cm³/mol. The van der Waals surface area contributed by atoms with E-state index < -0.39 is 18.8 Å². The maximum Gasteiger partial charge on any atom is 0.415 e. The molecule has 18 heavy (non-hydrogen) atoms. The van der Waals surface area contributed by atoms with Gasteiger partial charge in [0.05, 0.1) is 0 Å². The number of hydrogen-bond acceptors (Lipinski definition) is 3. The first-order valence-corrected chi connectivity index (χ1v) is 5.71. The highest BCUT2D eigenvalue weighted by Gasteiger charge is 2.39. The Bertz CT molecular complexity index is 434. The summed E-state index contributed by atoms with van der Waals surface area (Å²) in [5.74, 6) is 0. The molecule has 1 atom stereocenters. The number of β-amino-alcohol motifs (C(OH)–C–C–N with tert-alkyl or cyclic N) is 1. The van der Waals surface area contributed by atoms with Gasteiger partial charge in [0.2, 0.25) is 0 Å². The van der Waals surface area contributed by atoms with Crippen LogP contribution >= 0.6 is 0 Å². The lowest BCUT2D eigenvalue weighted by Crippen LogP contribution is -2.43. The second-order valence-electron chi connectivity index (χ2n) is 4.53. The van der Waals surface area contributed by atoms with Gasteiger partial charge in [0, 0.05) is 25.3 Å². The predicted octanol–water partition coefficient (Wildman–Crippen LogP) is 1.55. The fourth-order valence-corrected chi connectivity index (χ4v) is 2.17. The van der Waals surface area contributed by atoms with Crippen molar-refractivity contribution in [3.05, 3.63) is 29.3 Å². The van der Waals surface area contributed by atoms with E-state index in [1.807, 2.05) is 12.1 Å². The van der Waals surface area contributed by atoms with Crippen LogP contribution < -0.4 is 5.73 Å². The number of nitrogen functional groups attached to an aromatic ring is 1. The fourth-order valence-electron chi connectivity index (χ4n) is 2.17. The molecule has 6 heteroatoms. The van der Waals surface area contributed by atoms with Crippen molar-refractivity contribution in [3.63, 3.8) is 0 Å². The van der Waals surface area contributed by atoms with Gasteiger partial charge in [-0.1, -0.05) is 12.1 Å². The first kappa shape index (κ1) is 13.2. The second-order valence-corrected chi connectivity index (χ2v) is 4.53. The summed E-state index contributed by atoms with van der Waals surface area (Å²) in [6, 6.07) is 5.51. The van der Waals surface area contributed by atoms with Crippen LogP contribution in [0.1, 0.15) is 11.1 Å². The minimum Gasteiger partial charge on any atom is -0.398 e. The van der Waals surface area contributed by atoms with Crippen molar-refractivity contribution < 1.29 is 18.3 Å². The fraction of sp³-hybridized carbons (Fsp3) is 0.500. The number of benzene rings is 1. The molecule has 0 saturated carbocycles. The van der Waals surface area contributed by atoms with Crippen LogP contribution in [0.15, 0.2) is 18.2 Å². The van der Waals surface area contributed by atoms with Crippen LogP contribution in [-0.2, 0) is 13.0 Å². The third-order valence-electron chi connectivity index (χ3n) is 3.20. The maximum atomic E-state index is 12.3. The molecule has 0 aliphatic carbocycles. The summed E-state index contributed by atoms with van der Waals surface area (Å²) in [5, 5.41) is 9.06. The summed E-state index contributed by atoms with van der Waals surface area (Å²) in [7, 11) is 0. The highest BCUT2D eigenvalue weighted by molar-refractivity contribution is 5.51. The van der Waals surface area contributed by atoms with Gasteiger partial charge >= 0.3 is 6.18 Å². The highest BCUT2D eigenvalue weighted by Crippen LogP contribution is 2.26. The van der Waals surface area contributed by atoms with E-state index in [1.54, 1.807) is 11.0 Å². The van der Waals surface area contributed by atoms with E-state index in [4.69, 9.17) is 10.8 Å². The van der Waals surface area contributed by atoms with Gasteiger partial charge in [-0.2, -0.15) is 13.2 Å². The summed E-state index contributed by atoms with van der Waals surface area (Å²) in [5.41, 5.74) is 8.35. The van der Waals surface area contributed by atoms with E-state index >= 15 is 0 Å². The minimum atomic E-state index is -4.57. The third-order valence-corrected chi connectivity index (χ3v) is 3.20. The van der Waals surface area contributed by atoms with Crippen molar-refractivity contribution in [2.45, 2.75) is 25.2 Å². The van der Waals surface area contributed by atoms with Gasteiger partial charge in [-0.25, -0.2) is 0 Å². The number of alkyl halides is 3. The molecule has 0 bridgehead atoms. The van der Waals surface area contributed by atoms with Gasteiger partial charge in [0.25, 0.3) is 0 Å². The molecular weight excluding hydrogens is 245 g/mol. The first-order chi connectivity index (χ1) is 8.38. The molecule has 0 fully saturated rings. The number of fused-ring (bicyclic) bond motifs is 1. The number of aliphatic hydroxyl groups is 1. The van der Waals surface area contributed by atoms with Crippen LogP contribution in [0, 0.1) is 0 Å². The summed E-state index contributed by atoms with van der Waals surface area (Å²) in [4.78, 5) is 1.58. The number of aliphatic hydroxyl groups excluding tert-OH is 1. The number of halogens is 3. The second kappa shape index (κ2) is 4.78. The van der Waals surface area contributed by atoms with Crippen molar-refractivity contribution in [2.75, 3.05) is 18.8 Å². The molecule has 0 radical (unpaired) electrons. The van der Waals surface area contributed by atoms with E-state index in [2.05, 4.69) is 0 Å². The summed E-state index contributed by atoms with van der Waals surface area (Å²) < 4.78 is 36.8. The van der Waals surface area contributed by atoms with Crippen LogP contribution in [0.3, 0.4) is 0 Å². The highest BCUT2D eigenvalue weighted by atomic mass is 19.4. The van der Waals surface area contributed by atoms with Gasteiger partial charge in [-0.15, -0.1) is 0 Å². The monoisotopic (exact) mass is 260 g/mol. The topological polar surface area (TPSA) is 49.5 Å². The Kier molecular flexibility index (Phi) is 3.49. The molecule has 3 nitrogen and oxygen atoms in total. The maximum absolute atomic E-state index is 12.3. The number of rotatable bonds is 2. The van der Waals surface area contributed by atoms with Gasteiger partial charge in [0.1, 0.15) is 0 Å². The van der Waals surface area contributed by atoms with E-state index in [-0.39, 0.29) is 0 Å². The number of nitrogens with two attached hydrogens (primary N) is 1. The molecule has 1 heterocycles. The smallest absolute Gasteiger partial charge is 0.398 e. The van der Waals surface area contributed by atoms with E-state index in [0.29, 0.717) is 25.2 Å². The zero-order valence-corrected chi connectivity index (χ0v) is 9.74. The van der Waals surface area contributed by atoms with Gasteiger partial charge < -0.3 is 10.8 Å². The molecule has 1 unspecified atom stereocenters. The third kappa shape index (κ3) is 2.76. The van der Waals surface area contributed by atoms with Crippen LogP contribution in [-0.4, -0.2) is 35.4 Å². The van der Waals surface area contributed by atoms with E-state index in [9.17, 15) is 13.2 Å². The minimum absolute atomic E-state index is 0.356. The van der Waals surface area contributed by atoms with Crippen LogP contribution in [0.5, 0.6) is 0 Å². The van der Waals surface area contributed by atoms with Crippen LogP contribution in [0.2, 0.25) is 0 Å². The van der Waals surface area contributed by atoms with Crippen molar-refractivity contribution >= 4 is 5.69 Å². The van der Waals surface area contributed by atoms with Crippen molar-refractivity contribution in [1.29, 1.82) is 0 Å². The average molecular weight is 260 g/mol. The quantitative estimate of drug-likeness (QED) is 0.793. The molecule has 100 valence electrons. The Morgan fingerprint density at radius 1 is 1.39 bits per heavy atom. The van der Waals surface area contributed by atoms with Crippen LogP contribution in [0.25, 0.3) is 0 Å². The molecule has 3 N–H and O–H groups in total. The number of hydrogen-bond donors (Lipinski definition) is 2. The molecule has 0 aromatic heterocycles. The Morgan fingerprint density at radius 2 is 2.11 bits per heavy atom. The zero-order valence-electron chi connectivity index (χ0n) is 9.74. The van der Waals surface area contributed by atoms with E-state index in [1.165, 1.54) is 0 Å². The molecule has 1 aliphatic heterocycles. The Morgan fingerprint density at radius 3 is 2.78 bits per heavy atom. The standard InChI is InChI=1S/C12H15F3N2O/c13-12(14,15)11(18)7-17-5-4-8-2-1-3-10(16)9(8)6-17/h1-3,11,18H,4-7,16H2. The molecule has 1 aliphatic rings. The van der Waals surface area contributed by atoms with Crippen molar-refractivity contribution in [2.24, 2.45) is 0 Å². The normalized spacial score (nSPS) is 18.4. The molecule has 1 aromatic rings. The van der Waals surface area contributed by atoms with Crippen LogP contribution in [0.4, 0.5) is 18.9 Å².